The van der Waals surface area contributed by atoms with Gasteiger partial charge in [0, 0.05) is 18.2 Å². The molecule has 0 saturated carbocycles. The topological polar surface area (TPSA) is 12.0 Å². The Kier molecular flexibility index (Phi) is 3.17. The molecule has 1 aromatic rings. The normalized spacial score (nSPS) is 19.5. The summed E-state index contributed by atoms with van der Waals surface area (Å²) in [6, 6.07) is 3.73. The Morgan fingerprint density at radius 2 is 2.23 bits per heavy atom. The molecule has 0 amide bonds. The lowest BCUT2D eigenvalue weighted by atomic mass is 10.1. The molecule has 1 heterocycles. The second-order valence-corrected chi connectivity index (χ2v) is 3.44. The largest absolute Gasteiger partial charge is 0.306 e. The van der Waals surface area contributed by atoms with Crippen molar-refractivity contribution in [2.45, 2.75) is 19.5 Å². The van der Waals surface area contributed by atoms with E-state index in [9.17, 15) is 4.39 Å². The fourth-order valence-electron chi connectivity index (χ4n) is 1.56. The molecule has 1 N–H and O–H groups in total. The Labute approximate surface area is 87.7 Å². The van der Waals surface area contributed by atoms with Crippen LogP contribution in [0.5, 0.6) is 0 Å². The molecule has 0 saturated heterocycles. The number of nitrogens with one attached hydrogen (secondary N) is 1. The first-order chi connectivity index (χ1) is 5.70. The van der Waals surface area contributed by atoms with Crippen molar-refractivity contribution < 1.29 is 4.39 Å². The lowest BCUT2D eigenvalue weighted by Gasteiger charge is -2.04. The minimum Gasteiger partial charge on any atom is -0.306 e. The van der Waals surface area contributed by atoms with Crippen LogP contribution in [0.3, 0.4) is 0 Å². The molecule has 1 nitrogen and oxygen atoms in total. The average Bonchev–Trinajstić information content (AvgIpc) is 2.41. The molecule has 0 unspecified atom stereocenters. The Morgan fingerprint density at radius 3 is 2.92 bits per heavy atom. The lowest BCUT2D eigenvalue weighted by molar-refractivity contribution is 0.600. The number of rotatable bonds is 0. The maximum Gasteiger partial charge on any atom is 0.146 e. The van der Waals surface area contributed by atoms with Crippen molar-refractivity contribution in [1.82, 2.24) is 5.32 Å². The molecular weight excluding hydrogens is 212 g/mol. The minimum atomic E-state index is -0.272. The van der Waals surface area contributed by atoms with Crippen molar-refractivity contribution in [2.75, 3.05) is 0 Å². The number of benzene rings is 1. The molecule has 0 aliphatic carbocycles. The second kappa shape index (κ2) is 3.82. The molecule has 0 radical (unpaired) electrons. The highest BCUT2D eigenvalue weighted by molar-refractivity contribution is 6.30. The Balaban J connectivity index is 0.000000845. The third kappa shape index (κ3) is 1.66. The first-order valence-electron chi connectivity index (χ1n) is 3.90. The van der Waals surface area contributed by atoms with Crippen molar-refractivity contribution in [1.29, 1.82) is 0 Å². The van der Waals surface area contributed by atoms with Gasteiger partial charge >= 0.3 is 0 Å². The van der Waals surface area contributed by atoms with E-state index in [0.29, 0.717) is 6.54 Å². The van der Waals surface area contributed by atoms with Crippen molar-refractivity contribution in [3.8, 4) is 0 Å². The van der Waals surface area contributed by atoms with Crippen LogP contribution >= 0.6 is 24.0 Å². The predicted octanol–water partition coefficient (Wildman–Crippen LogP) is 3.07. The third-order valence-electron chi connectivity index (χ3n) is 2.28. The van der Waals surface area contributed by atoms with Gasteiger partial charge in [-0.15, -0.1) is 12.4 Å². The maximum atomic E-state index is 13.3. The number of halogens is 3. The summed E-state index contributed by atoms with van der Waals surface area (Å²) in [4.78, 5) is 0. The van der Waals surface area contributed by atoms with Gasteiger partial charge in [0.2, 0.25) is 0 Å². The molecule has 1 aliphatic rings. The first kappa shape index (κ1) is 10.8. The molecule has 4 heteroatoms. The molecular formula is C9H10Cl2FN. The van der Waals surface area contributed by atoms with Crippen LogP contribution in [-0.2, 0) is 6.54 Å². The SMILES string of the molecule is C[C@@H]1NCc2c1ccc(Cl)c2F.Cl. The van der Waals surface area contributed by atoms with Crippen LogP contribution in [0.15, 0.2) is 12.1 Å². The van der Waals surface area contributed by atoms with E-state index in [2.05, 4.69) is 5.32 Å². The predicted molar refractivity (Wildman–Crippen MR) is 53.9 cm³/mol. The van der Waals surface area contributed by atoms with Gasteiger partial charge in [-0.3, -0.25) is 0 Å². The molecule has 0 aromatic heterocycles. The standard InChI is InChI=1S/C9H9ClFN.ClH/c1-5-6-2-3-8(10)9(11)7(6)4-12-5;/h2-3,5,12H,4H2,1H3;1H/t5-;/m0./s1. The van der Waals surface area contributed by atoms with Crippen LogP contribution in [0.2, 0.25) is 5.02 Å². The van der Waals surface area contributed by atoms with Gasteiger partial charge in [-0.2, -0.15) is 0 Å². The van der Waals surface area contributed by atoms with Gasteiger partial charge in [-0.05, 0) is 18.6 Å². The van der Waals surface area contributed by atoms with Crippen molar-refractivity contribution in [3.05, 3.63) is 34.1 Å². The van der Waals surface area contributed by atoms with Crippen LogP contribution in [0.25, 0.3) is 0 Å². The van der Waals surface area contributed by atoms with Gasteiger partial charge in [0.05, 0.1) is 5.02 Å². The first-order valence-corrected chi connectivity index (χ1v) is 4.28. The summed E-state index contributed by atoms with van der Waals surface area (Å²) in [7, 11) is 0. The molecule has 0 fully saturated rings. The molecule has 0 bridgehead atoms. The average molecular weight is 222 g/mol. The zero-order chi connectivity index (χ0) is 8.72. The number of hydrogen-bond donors (Lipinski definition) is 1. The second-order valence-electron chi connectivity index (χ2n) is 3.03. The Morgan fingerprint density at radius 1 is 1.54 bits per heavy atom. The summed E-state index contributed by atoms with van der Waals surface area (Å²) in [5.41, 5.74) is 1.74. The molecule has 0 spiro atoms. The van der Waals surface area contributed by atoms with Crippen LogP contribution < -0.4 is 5.32 Å². The van der Waals surface area contributed by atoms with Crippen LogP contribution in [0.1, 0.15) is 24.1 Å². The molecule has 1 aromatic carbocycles. The summed E-state index contributed by atoms with van der Waals surface area (Å²) < 4.78 is 13.3. The smallest absolute Gasteiger partial charge is 0.146 e. The van der Waals surface area contributed by atoms with Crippen molar-refractivity contribution in [2.24, 2.45) is 0 Å². The summed E-state index contributed by atoms with van der Waals surface area (Å²) in [5, 5.41) is 3.37. The van der Waals surface area contributed by atoms with Gasteiger partial charge in [0.25, 0.3) is 0 Å². The maximum absolute atomic E-state index is 13.3. The van der Waals surface area contributed by atoms with E-state index in [0.717, 1.165) is 11.1 Å². The quantitative estimate of drug-likeness (QED) is 0.711. The van der Waals surface area contributed by atoms with Crippen molar-refractivity contribution in [3.63, 3.8) is 0 Å². The molecule has 1 aliphatic heterocycles. The third-order valence-corrected chi connectivity index (χ3v) is 2.58. The number of hydrogen-bond acceptors (Lipinski definition) is 1. The van der Waals surface area contributed by atoms with Gasteiger partial charge < -0.3 is 5.32 Å². The zero-order valence-corrected chi connectivity index (χ0v) is 8.68. The molecule has 2 rings (SSSR count). The fourth-order valence-corrected chi connectivity index (χ4v) is 1.74. The monoisotopic (exact) mass is 221 g/mol. The summed E-state index contributed by atoms with van der Waals surface area (Å²) in [6.07, 6.45) is 0. The highest BCUT2D eigenvalue weighted by Crippen LogP contribution is 2.30. The molecule has 1 atom stereocenters. The Hall–Kier alpha value is -0.310. The summed E-state index contributed by atoms with van der Waals surface area (Å²) in [6.45, 7) is 2.60. The van der Waals surface area contributed by atoms with Gasteiger partial charge in [0.1, 0.15) is 5.82 Å². The van der Waals surface area contributed by atoms with Crippen molar-refractivity contribution >= 4 is 24.0 Å². The highest BCUT2D eigenvalue weighted by atomic mass is 35.5. The van der Waals surface area contributed by atoms with E-state index in [4.69, 9.17) is 11.6 Å². The Bertz CT molecular complexity index is 328. The van der Waals surface area contributed by atoms with Crippen LogP contribution in [0, 0.1) is 5.82 Å². The van der Waals surface area contributed by atoms with Gasteiger partial charge in [0.15, 0.2) is 0 Å². The fraction of sp³-hybridized carbons (Fsp3) is 0.333. The van der Waals surface area contributed by atoms with E-state index in [1.54, 1.807) is 6.07 Å². The zero-order valence-electron chi connectivity index (χ0n) is 7.10. The minimum absolute atomic E-state index is 0. The van der Waals surface area contributed by atoms with Gasteiger partial charge in [-0.25, -0.2) is 4.39 Å². The van der Waals surface area contributed by atoms with E-state index < -0.39 is 0 Å². The highest BCUT2D eigenvalue weighted by Gasteiger charge is 2.21. The summed E-state index contributed by atoms with van der Waals surface area (Å²) >= 11 is 5.64. The van der Waals surface area contributed by atoms with Gasteiger partial charge in [-0.1, -0.05) is 17.7 Å². The number of fused-ring (bicyclic) bond motifs is 1. The lowest BCUT2D eigenvalue weighted by Crippen LogP contribution is -2.06. The summed E-state index contributed by atoms with van der Waals surface area (Å²) in [5.74, 6) is -0.272. The van der Waals surface area contributed by atoms with E-state index in [1.807, 2.05) is 13.0 Å². The molecule has 13 heavy (non-hydrogen) atoms. The van der Waals surface area contributed by atoms with Crippen LogP contribution in [-0.4, -0.2) is 0 Å². The van der Waals surface area contributed by atoms with E-state index >= 15 is 0 Å². The van der Waals surface area contributed by atoms with E-state index in [-0.39, 0.29) is 29.3 Å². The van der Waals surface area contributed by atoms with E-state index in [1.165, 1.54) is 0 Å². The molecule has 72 valence electrons. The van der Waals surface area contributed by atoms with Crippen LogP contribution in [0.4, 0.5) is 4.39 Å².